The van der Waals surface area contributed by atoms with Crippen molar-refractivity contribution in [3.8, 4) is 28.1 Å². The molecule has 5 heterocycles. The number of ether oxygens (including phenoxy) is 1. The van der Waals surface area contributed by atoms with E-state index in [-0.39, 0.29) is 28.9 Å². The Morgan fingerprint density at radius 1 is 1.07 bits per heavy atom. The largest absolute Gasteiger partial charge is 0.444 e. The molecule has 7 rings (SSSR count). The number of hydrogen-bond donors (Lipinski definition) is 2. The van der Waals surface area contributed by atoms with E-state index in [0.717, 1.165) is 11.3 Å². The fourth-order valence-corrected chi connectivity index (χ4v) is 5.86. The number of halogens is 3. The van der Waals surface area contributed by atoms with Crippen LogP contribution >= 0.6 is 23.2 Å². The van der Waals surface area contributed by atoms with Crippen molar-refractivity contribution in [2.75, 3.05) is 5.32 Å². The molecular formula is C28H20Cl2FN7O3. The Morgan fingerprint density at radius 2 is 1.93 bits per heavy atom. The molecule has 2 aliphatic rings. The summed E-state index contributed by atoms with van der Waals surface area (Å²) < 4.78 is 23.4. The number of nitrogens with zero attached hydrogens (tertiary/aromatic N) is 5. The van der Waals surface area contributed by atoms with E-state index in [0.29, 0.717) is 45.3 Å². The van der Waals surface area contributed by atoms with E-state index in [4.69, 9.17) is 27.9 Å². The van der Waals surface area contributed by atoms with Crippen molar-refractivity contribution in [3.05, 3.63) is 98.3 Å². The molecule has 41 heavy (non-hydrogen) atoms. The van der Waals surface area contributed by atoms with E-state index in [1.54, 1.807) is 47.2 Å². The van der Waals surface area contributed by atoms with E-state index >= 15 is 4.39 Å². The summed E-state index contributed by atoms with van der Waals surface area (Å²) in [7, 11) is 0. The van der Waals surface area contributed by atoms with E-state index < -0.39 is 18.1 Å². The molecule has 0 saturated heterocycles. The molecule has 2 N–H and O–H groups in total. The van der Waals surface area contributed by atoms with Gasteiger partial charge < -0.3 is 14.3 Å². The molecular weight excluding hydrogens is 572 g/mol. The Bertz CT molecular complexity index is 1930. The second-order valence-electron chi connectivity index (χ2n) is 10.0. The SMILES string of the molecule is C[C@@H]1C[C@@H](c2nc(F)c(-c3ccc4c(c3)COC(=O)N4)[nH]2)n2c1cc(-c1cc(Cl)ccc1-n1cc(Cl)nn1)cc2=O. The van der Waals surface area contributed by atoms with Crippen LogP contribution < -0.4 is 10.9 Å². The van der Waals surface area contributed by atoms with Gasteiger partial charge in [0.1, 0.15) is 18.1 Å². The molecule has 0 aliphatic carbocycles. The van der Waals surface area contributed by atoms with Gasteiger partial charge in [-0.3, -0.25) is 10.1 Å². The maximum atomic E-state index is 15.2. The quantitative estimate of drug-likeness (QED) is 0.261. The molecule has 2 aliphatic heterocycles. The fraction of sp³-hybridized carbons (Fsp3) is 0.179. The minimum absolute atomic E-state index is 0.0165. The van der Waals surface area contributed by atoms with E-state index in [9.17, 15) is 9.59 Å². The van der Waals surface area contributed by atoms with Gasteiger partial charge >= 0.3 is 6.09 Å². The number of carbonyl (C=O) groups excluding carboxylic acids is 1. The lowest BCUT2D eigenvalue weighted by molar-refractivity contribution is 0.151. The number of benzene rings is 2. The summed E-state index contributed by atoms with van der Waals surface area (Å²) in [6.07, 6.45) is 1.59. The van der Waals surface area contributed by atoms with Crippen LogP contribution in [0.4, 0.5) is 14.9 Å². The molecule has 0 radical (unpaired) electrons. The summed E-state index contributed by atoms with van der Waals surface area (Å²) in [6.45, 7) is 2.10. The van der Waals surface area contributed by atoms with Crippen LogP contribution in [0, 0.1) is 5.95 Å². The monoisotopic (exact) mass is 591 g/mol. The van der Waals surface area contributed by atoms with Crippen LogP contribution in [-0.4, -0.2) is 35.6 Å². The smallest absolute Gasteiger partial charge is 0.411 e. The third-order valence-corrected chi connectivity index (χ3v) is 7.86. The zero-order valence-corrected chi connectivity index (χ0v) is 22.9. The average molecular weight is 592 g/mol. The molecule has 0 saturated carbocycles. The maximum absolute atomic E-state index is 15.2. The van der Waals surface area contributed by atoms with Crippen molar-refractivity contribution < 1.29 is 13.9 Å². The number of anilines is 1. The summed E-state index contributed by atoms with van der Waals surface area (Å²) in [5, 5.41) is 11.3. The van der Waals surface area contributed by atoms with E-state index in [1.165, 1.54) is 10.7 Å². The summed E-state index contributed by atoms with van der Waals surface area (Å²) in [6, 6.07) is 13.4. The maximum Gasteiger partial charge on any atom is 0.411 e. The molecule has 2 aromatic carbocycles. The minimum atomic E-state index is -0.679. The molecule has 2 atom stereocenters. The first-order valence-corrected chi connectivity index (χ1v) is 13.5. The van der Waals surface area contributed by atoms with Crippen molar-refractivity contribution >= 4 is 35.0 Å². The number of H-pyrrole nitrogens is 1. The number of cyclic esters (lactones) is 1. The molecule has 0 spiro atoms. The number of pyridine rings is 1. The van der Waals surface area contributed by atoms with Crippen molar-refractivity contribution in [1.82, 2.24) is 29.5 Å². The molecule has 5 aromatic rings. The van der Waals surface area contributed by atoms with Crippen LogP contribution in [0.25, 0.3) is 28.1 Å². The van der Waals surface area contributed by atoms with E-state index in [2.05, 4.69) is 25.6 Å². The highest BCUT2D eigenvalue weighted by atomic mass is 35.5. The molecule has 0 fully saturated rings. The molecule has 10 nitrogen and oxygen atoms in total. The minimum Gasteiger partial charge on any atom is -0.444 e. The van der Waals surface area contributed by atoms with Crippen LogP contribution in [0.15, 0.2) is 59.5 Å². The third-order valence-electron chi connectivity index (χ3n) is 7.46. The average Bonchev–Trinajstić information content (AvgIpc) is 3.65. The zero-order valence-electron chi connectivity index (χ0n) is 21.4. The molecule has 1 amide bonds. The van der Waals surface area contributed by atoms with Crippen LogP contribution in [0.3, 0.4) is 0 Å². The number of aromatic amines is 1. The van der Waals surface area contributed by atoms with Crippen molar-refractivity contribution in [3.63, 3.8) is 0 Å². The summed E-state index contributed by atoms with van der Waals surface area (Å²) >= 11 is 12.3. The first kappa shape index (κ1) is 25.5. The number of hydrogen-bond acceptors (Lipinski definition) is 6. The highest BCUT2D eigenvalue weighted by molar-refractivity contribution is 6.31. The number of fused-ring (bicyclic) bond motifs is 2. The fourth-order valence-electron chi connectivity index (χ4n) is 5.56. The van der Waals surface area contributed by atoms with Gasteiger partial charge in [-0.1, -0.05) is 41.4 Å². The van der Waals surface area contributed by atoms with Crippen molar-refractivity contribution in [2.45, 2.75) is 31.9 Å². The predicted molar refractivity (Wildman–Crippen MR) is 150 cm³/mol. The highest BCUT2D eigenvalue weighted by Crippen LogP contribution is 2.40. The molecule has 0 unspecified atom stereocenters. The van der Waals surface area contributed by atoms with Gasteiger partial charge in [-0.25, -0.2) is 14.5 Å². The Labute approximate surface area is 241 Å². The number of imidazole rings is 1. The van der Waals surface area contributed by atoms with Gasteiger partial charge in [0.25, 0.3) is 5.56 Å². The van der Waals surface area contributed by atoms with Gasteiger partial charge in [-0.05, 0) is 54.3 Å². The standard InChI is InChI=1S/C28H20Cl2FN7O3/c1-13-6-22(27-33-25(26(31)34-27)14-2-4-19-16(7-14)12-41-28(40)32-19)38-21(13)8-15(9-24(38)39)18-10-17(29)3-5-20(18)37-11-23(30)35-36-37/h2-5,7-11,13,22H,6,12H2,1H3,(H,32,40)(H,33,34)/t13-,22+/m1/s1. The molecule has 3 aromatic heterocycles. The van der Waals surface area contributed by atoms with Crippen LogP contribution in [0.2, 0.25) is 10.2 Å². The first-order valence-electron chi connectivity index (χ1n) is 12.7. The summed E-state index contributed by atoms with van der Waals surface area (Å²) in [4.78, 5) is 32.4. The van der Waals surface area contributed by atoms with Crippen LogP contribution in [0.5, 0.6) is 0 Å². The Morgan fingerprint density at radius 3 is 2.73 bits per heavy atom. The lowest BCUT2D eigenvalue weighted by Crippen LogP contribution is -2.24. The van der Waals surface area contributed by atoms with Gasteiger partial charge in [0.2, 0.25) is 5.95 Å². The topological polar surface area (TPSA) is 120 Å². The number of rotatable bonds is 4. The van der Waals surface area contributed by atoms with E-state index in [1.807, 2.05) is 13.0 Å². The van der Waals surface area contributed by atoms with Crippen molar-refractivity contribution in [2.24, 2.45) is 0 Å². The second kappa shape index (κ2) is 9.57. The summed E-state index contributed by atoms with van der Waals surface area (Å²) in [5.74, 6) is -0.348. The number of carbonyl (C=O) groups is 1. The van der Waals surface area contributed by atoms with Gasteiger partial charge in [-0.2, -0.15) is 4.39 Å². The lowest BCUT2D eigenvalue weighted by atomic mass is 9.99. The van der Waals surface area contributed by atoms with Crippen molar-refractivity contribution in [1.29, 1.82) is 0 Å². The number of nitrogens with one attached hydrogen (secondary N) is 2. The Kier molecular flexibility index (Phi) is 5.95. The number of aromatic nitrogens is 6. The Hall–Kier alpha value is -4.48. The molecule has 0 bridgehead atoms. The van der Waals surface area contributed by atoms with Gasteiger partial charge in [0.15, 0.2) is 5.15 Å². The Balaban J connectivity index is 1.27. The third kappa shape index (κ3) is 4.37. The molecule has 206 valence electrons. The highest BCUT2D eigenvalue weighted by Gasteiger charge is 2.34. The molecule has 13 heteroatoms. The normalized spacial score (nSPS) is 17.6. The second-order valence-corrected chi connectivity index (χ2v) is 10.9. The van der Waals surface area contributed by atoms with Gasteiger partial charge in [0, 0.05) is 33.5 Å². The number of amides is 1. The first-order chi connectivity index (χ1) is 19.7. The zero-order chi connectivity index (χ0) is 28.4. The van der Waals surface area contributed by atoms with Gasteiger partial charge in [0.05, 0.1) is 23.6 Å². The predicted octanol–water partition coefficient (Wildman–Crippen LogP) is 6.09. The van der Waals surface area contributed by atoms with Crippen LogP contribution in [-0.2, 0) is 11.3 Å². The van der Waals surface area contributed by atoms with Crippen LogP contribution in [0.1, 0.15) is 42.4 Å². The lowest BCUT2D eigenvalue weighted by Gasteiger charge is -2.17. The summed E-state index contributed by atoms with van der Waals surface area (Å²) in [5.41, 5.74) is 4.62. The van der Waals surface area contributed by atoms with Gasteiger partial charge in [-0.15, -0.1) is 5.10 Å².